The predicted octanol–water partition coefficient (Wildman–Crippen LogP) is 3.05. The summed E-state index contributed by atoms with van der Waals surface area (Å²) in [6.07, 6.45) is 1.12. The topological polar surface area (TPSA) is 12.0 Å². The second-order valence-electron chi connectivity index (χ2n) is 3.18. The largest absolute Gasteiger partial charge is 0.319 e. The molecule has 72 valence electrons. The monoisotopic (exact) mass is 197 g/mol. The number of rotatable bonds is 4. The van der Waals surface area contributed by atoms with Gasteiger partial charge in [0.15, 0.2) is 0 Å². The summed E-state index contributed by atoms with van der Waals surface area (Å²) in [5.74, 6) is 0.527. The molecule has 1 N–H and O–H groups in total. The molecular formula is C11H16ClN. The fraction of sp³-hybridized carbons (Fsp3) is 0.455. The molecule has 0 saturated carbocycles. The number of hydrogen-bond acceptors (Lipinski definition) is 1. The van der Waals surface area contributed by atoms with Gasteiger partial charge < -0.3 is 5.32 Å². The maximum atomic E-state index is 6.11. The lowest BCUT2D eigenvalue weighted by molar-refractivity contribution is 0.612. The standard InChI is InChI=1S/C11H16ClN/c1-3-9(8-13-2)10-6-4-5-7-11(10)12/h4-7,9,13H,3,8H2,1-2H3. The van der Waals surface area contributed by atoms with E-state index in [0.717, 1.165) is 18.0 Å². The van der Waals surface area contributed by atoms with Gasteiger partial charge in [0.25, 0.3) is 0 Å². The maximum absolute atomic E-state index is 6.11. The van der Waals surface area contributed by atoms with Gasteiger partial charge in [0, 0.05) is 11.6 Å². The molecular weight excluding hydrogens is 182 g/mol. The second-order valence-corrected chi connectivity index (χ2v) is 3.59. The van der Waals surface area contributed by atoms with Crippen LogP contribution in [0.25, 0.3) is 0 Å². The molecule has 1 aromatic carbocycles. The average molecular weight is 198 g/mol. The molecule has 1 aromatic rings. The molecule has 0 aliphatic rings. The zero-order chi connectivity index (χ0) is 9.68. The lowest BCUT2D eigenvalue weighted by Crippen LogP contribution is -2.16. The molecule has 1 nitrogen and oxygen atoms in total. The molecule has 1 rings (SSSR count). The van der Waals surface area contributed by atoms with E-state index in [1.165, 1.54) is 5.56 Å². The van der Waals surface area contributed by atoms with Crippen LogP contribution >= 0.6 is 11.6 Å². The van der Waals surface area contributed by atoms with Gasteiger partial charge in [-0.25, -0.2) is 0 Å². The van der Waals surface area contributed by atoms with Crippen LogP contribution in [0.4, 0.5) is 0 Å². The van der Waals surface area contributed by atoms with Crippen LogP contribution in [0.5, 0.6) is 0 Å². The summed E-state index contributed by atoms with van der Waals surface area (Å²) in [7, 11) is 1.97. The van der Waals surface area contributed by atoms with Crippen LogP contribution in [0.15, 0.2) is 24.3 Å². The van der Waals surface area contributed by atoms with E-state index in [-0.39, 0.29) is 0 Å². The van der Waals surface area contributed by atoms with Gasteiger partial charge in [-0.1, -0.05) is 36.7 Å². The van der Waals surface area contributed by atoms with Crippen LogP contribution in [0, 0.1) is 0 Å². The molecule has 0 spiro atoms. The first kappa shape index (κ1) is 10.6. The highest BCUT2D eigenvalue weighted by Gasteiger charge is 2.10. The fourth-order valence-electron chi connectivity index (χ4n) is 1.53. The number of nitrogens with one attached hydrogen (secondary N) is 1. The van der Waals surface area contributed by atoms with Gasteiger partial charge in [-0.3, -0.25) is 0 Å². The third kappa shape index (κ3) is 2.71. The Balaban J connectivity index is 2.84. The molecule has 0 aliphatic carbocycles. The quantitative estimate of drug-likeness (QED) is 0.783. The number of likely N-dealkylation sites (N-methyl/N-ethyl adjacent to an activating group) is 1. The molecule has 0 saturated heterocycles. The smallest absolute Gasteiger partial charge is 0.0441 e. The lowest BCUT2D eigenvalue weighted by Gasteiger charge is -2.15. The van der Waals surface area contributed by atoms with E-state index in [9.17, 15) is 0 Å². The van der Waals surface area contributed by atoms with E-state index in [1.807, 2.05) is 25.2 Å². The van der Waals surface area contributed by atoms with E-state index >= 15 is 0 Å². The normalized spacial score (nSPS) is 12.8. The minimum atomic E-state index is 0.527. The van der Waals surface area contributed by atoms with E-state index < -0.39 is 0 Å². The minimum absolute atomic E-state index is 0.527. The summed E-state index contributed by atoms with van der Waals surface area (Å²) < 4.78 is 0. The van der Waals surface area contributed by atoms with Crippen LogP contribution in [0.2, 0.25) is 5.02 Å². The highest BCUT2D eigenvalue weighted by molar-refractivity contribution is 6.31. The molecule has 0 aromatic heterocycles. The summed E-state index contributed by atoms with van der Waals surface area (Å²) in [5, 5.41) is 4.07. The van der Waals surface area contributed by atoms with Gasteiger partial charge in [-0.05, 0) is 31.0 Å². The Morgan fingerprint density at radius 2 is 2.08 bits per heavy atom. The van der Waals surface area contributed by atoms with Gasteiger partial charge in [-0.15, -0.1) is 0 Å². The Bertz CT molecular complexity index is 260. The highest BCUT2D eigenvalue weighted by atomic mass is 35.5. The Morgan fingerprint density at radius 3 is 2.62 bits per heavy atom. The van der Waals surface area contributed by atoms with Gasteiger partial charge in [-0.2, -0.15) is 0 Å². The Morgan fingerprint density at radius 1 is 1.38 bits per heavy atom. The fourth-order valence-corrected chi connectivity index (χ4v) is 1.82. The van der Waals surface area contributed by atoms with Crippen LogP contribution in [-0.2, 0) is 0 Å². The van der Waals surface area contributed by atoms with Crippen molar-refractivity contribution in [1.29, 1.82) is 0 Å². The van der Waals surface area contributed by atoms with Crippen molar-refractivity contribution in [2.24, 2.45) is 0 Å². The lowest BCUT2D eigenvalue weighted by atomic mass is 9.96. The zero-order valence-electron chi connectivity index (χ0n) is 8.18. The minimum Gasteiger partial charge on any atom is -0.319 e. The summed E-state index contributed by atoms with van der Waals surface area (Å²) in [6.45, 7) is 3.17. The molecule has 13 heavy (non-hydrogen) atoms. The molecule has 2 heteroatoms. The van der Waals surface area contributed by atoms with E-state index in [0.29, 0.717) is 5.92 Å². The van der Waals surface area contributed by atoms with Crippen LogP contribution in [0.3, 0.4) is 0 Å². The zero-order valence-corrected chi connectivity index (χ0v) is 8.93. The van der Waals surface area contributed by atoms with Crippen molar-refractivity contribution in [3.63, 3.8) is 0 Å². The molecule has 1 unspecified atom stereocenters. The molecule has 0 bridgehead atoms. The predicted molar refractivity (Wildman–Crippen MR) is 58.4 cm³/mol. The summed E-state index contributed by atoms with van der Waals surface area (Å²) >= 11 is 6.11. The molecule has 0 amide bonds. The second kappa shape index (κ2) is 5.25. The van der Waals surface area contributed by atoms with E-state index in [1.54, 1.807) is 0 Å². The number of halogens is 1. The van der Waals surface area contributed by atoms with Crippen molar-refractivity contribution in [2.75, 3.05) is 13.6 Å². The maximum Gasteiger partial charge on any atom is 0.0441 e. The van der Waals surface area contributed by atoms with Crippen LogP contribution in [-0.4, -0.2) is 13.6 Å². The van der Waals surface area contributed by atoms with E-state index in [4.69, 9.17) is 11.6 Å². The molecule has 0 fully saturated rings. The summed E-state index contributed by atoms with van der Waals surface area (Å²) in [6, 6.07) is 8.07. The molecule has 0 heterocycles. The van der Waals surface area contributed by atoms with Crippen molar-refractivity contribution in [3.8, 4) is 0 Å². The Kier molecular flexibility index (Phi) is 4.26. The van der Waals surface area contributed by atoms with Crippen molar-refractivity contribution in [1.82, 2.24) is 5.32 Å². The van der Waals surface area contributed by atoms with Gasteiger partial charge in [0.05, 0.1) is 0 Å². The molecule has 1 atom stereocenters. The van der Waals surface area contributed by atoms with Gasteiger partial charge >= 0.3 is 0 Å². The molecule has 0 aliphatic heterocycles. The molecule has 0 radical (unpaired) electrons. The van der Waals surface area contributed by atoms with Crippen molar-refractivity contribution < 1.29 is 0 Å². The first-order chi connectivity index (χ1) is 6.29. The van der Waals surface area contributed by atoms with Crippen molar-refractivity contribution in [3.05, 3.63) is 34.9 Å². The van der Waals surface area contributed by atoms with E-state index in [2.05, 4.69) is 18.3 Å². The Hall–Kier alpha value is -0.530. The van der Waals surface area contributed by atoms with Crippen molar-refractivity contribution >= 4 is 11.6 Å². The average Bonchev–Trinajstić information content (AvgIpc) is 2.16. The summed E-state index contributed by atoms with van der Waals surface area (Å²) in [5.41, 5.74) is 1.25. The summed E-state index contributed by atoms with van der Waals surface area (Å²) in [4.78, 5) is 0. The van der Waals surface area contributed by atoms with Gasteiger partial charge in [0.1, 0.15) is 0 Å². The van der Waals surface area contributed by atoms with Crippen molar-refractivity contribution in [2.45, 2.75) is 19.3 Å². The van der Waals surface area contributed by atoms with Gasteiger partial charge in [0.2, 0.25) is 0 Å². The highest BCUT2D eigenvalue weighted by Crippen LogP contribution is 2.25. The number of hydrogen-bond donors (Lipinski definition) is 1. The number of benzene rings is 1. The SMILES string of the molecule is CCC(CNC)c1ccccc1Cl. The Labute approximate surface area is 85.1 Å². The third-order valence-electron chi connectivity index (χ3n) is 2.29. The van der Waals surface area contributed by atoms with Crippen LogP contribution < -0.4 is 5.32 Å². The van der Waals surface area contributed by atoms with Crippen LogP contribution in [0.1, 0.15) is 24.8 Å². The third-order valence-corrected chi connectivity index (χ3v) is 2.63. The first-order valence-electron chi connectivity index (χ1n) is 4.68. The first-order valence-corrected chi connectivity index (χ1v) is 5.06.